The third-order valence-corrected chi connectivity index (χ3v) is 2.51. The summed E-state index contributed by atoms with van der Waals surface area (Å²) in [6.45, 7) is 6.33. The van der Waals surface area contributed by atoms with E-state index < -0.39 is 0 Å². The molecule has 0 bridgehead atoms. The maximum atomic E-state index is 11.9. The van der Waals surface area contributed by atoms with Gasteiger partial charge in [-0.2, -0.15) is 0 Å². The lowest BCUT2D eigenvalue weighted by atomic mass is 10.2. The molecule has 0 spiro atoms. The van der Waals surface area contributed by atoms with E-state index in [0.29, 0.717) is 18.0 Å². The van der Waals surface area contributed by atoms with Gasteiger partial charge in [-0.15, -0.1) is 0 Å². The zero-order valence-corrected chi connectivity index (χ0v) is 12.4. The van der Waals surface area contributed by atoms with Gasteiger partial charge in [0.15, 0.2) is 5.69 Å². The Morgan fingerprint density at radius 1 is 1.30 bits per heavy atom. The summed E-state index contributed by atoms with van der Waals surface area (Å²) in [6.07, 6.45) is 0. The van der Waals surface area contributed by atoms with E-state index in [4.69, 9.17) is 4.52 Å². The minimum Gasteiger partial charge on any atom is -0.361 e. The van der Waals surface area contributed by atoms with E-state index in [0.717, 1.165) is 5.56 Å². The Bertz CT molecular complexity index is 523. The molecule has 2 aromatic rings. The second kappa shape index (κ2) is 8.12. The highest BCUT2D eigenvalue weighted by molar-refractivity contribution is 5.91. The second-order valence-electron chi connectivity index (χ2n) is 4.01. The second-order valence-corrected chi connectivity index (χ2v) is 4.01. The minimum absolute atomic E-state index is 0.220. The zero-order chi connectivity index (χ0) is 15.0. The highest BCUT2D eigenvalue weighted by Gasteiger charge is 2.15. The van der Waals surface area contributed by atoms with Crippen molar-refractivity contribution in [1.82, 2.24) is 15.6 Å². The largest absolute Gasteiger partial charge is 0.361 e. The van der Waals surface area contributed by atoms with Crippen LogP contribution in [0.1, 0.15) is 35.7 Å². The Morgan fingerprint density at radius 2 is 1.95 bits per heavy atom. The van der Waals surface area contributed by atoms with Crippen LogP contribution in [0, 0.1) is 6.92 Å². The van der Waals surface area contributed by atoms with Crippen molar-refractivity contribution in [2.24, 2.45) is 0 Å². The van der Waals surface area contributed by atoms with Gasteiger partial charge >= 0.3 is 0 Å². The molecule has 0 radical (unpaired) electrons. The van der Waals surface area contributed by atoms with Crippen molar-refractivity contribution in [2.75, 3.05) is 7.05 Å². The molecule has 0 atom stereocenters. The zero-order valence-electron chi connectivity index (χ0n) is 12.4. The van der Waals surface area contributed by atoms with Gasteiger partial charge in [-0.1, -0.05) is 49.3 Å². The van der Waals surface area contributed by atoms with Gasteiger partial charge < -0.3 is 4.52 Å². The Kier molecular flexibility index (Phi) is 6.46. The fourth-order valence-electron chi connectivity index (χ4n) is 1.52. The van der Waals surface area contributed by atoms with Gasteiger partial charge in [0.05, 0.1) is 0 Å². The molecule has 0 saturated carbocycles. The molecule has 0 aliphatic carbocycles. The van der Waals surface area contributed by atoms with E-state index in [9.17, 15) is 4.79 Å². The van der Waals surface area contributed by atoms with E-state index in [-0.39, 0.29) is 5.91 Å². The first-order valence-electron chi connectivity index (χ1n) is 6.65. The van der Waals surface area contributed by atoms with Crippen molar-refractivity contribution in [3.8, 4) is 0 Å². The molecule has 0 unspecified atom stereocenters. The topological polar surface area (TPSA) is 58.4 Å². The number of hydrogen-bond acceptors (Lipinski definition) is 4. The van der Waals surface area contributed by atoms with Gasteiger partial charge in [0, 0.05) is 19.7 Å². The maximum Gasteiger partial charge on any atom is 0.289 e. The highest BCUT2D eigenvalue weighted by Crippen LogP contribution is 2.04. The number of amides is 1. The number of hydrogen-bond donors (Lipinski definition) is 1. The predicted octanol–water partition coefficient (Wildman–Crippen LogP) is 2.79. The van der Waals surface area contributed by atoms with Crippen LogP contribution in [-0.2, 0) is 6.54 Å². The molecule has 20 heavy (non-hydrogen) atoms. The molecule has 1 heterocycles. The first-order valence-corrected chi connectivity index (χ1v) is 6.65. The third-order valence-electron chi connectivity index (χ3n) is 2.51. The van der Waals surface area contributed by atoms with Crippen LogP contribution in [0.5, 0.6) is 0 Å². The van der Waals surface area contributed by atoms with Crippen LogP contribution in [0.25, 0.3) is 0 Å². The van der Waals surface area contributed by atoms with Crippen LogP contribution in [0.15, 0.2) is 40.9 Å². The average molecular weight is 275 g/mol. The van der Waals surface area contributed by atoms with Crippen LogP contribution in [0.3, 0.4) is 0 Å². The maximum absolute atomic E-state index is 11.9. The molecule has 1 amide bonds. The monoisotopic (exact) mass is 275 g/mol. The van der Waals surface area contributed by atoms with Crippen LogP contribution in [-0.4, -0.2) is 23.1 Å². The number of benzene rings is 1. The van der Waals surface area contributed by atoms with Crippen LogP contribution in [0.2, 0.25) is 0 Å². The molecule has 5 nitrogen and oxygen atoms in total. The van der Waals surface area contributed by atoms with Gasteiger partial charge in [-0.3, -0.25) is 9.80 Å². The van der Waals surface area contributed by atoms with Crippen molar-refractivity contribution in [1.29, 1.82) is 0 Å². The molecule has 0 saturated heterocycles. The van der Waals surface area contributed by atoms with E-state index in [1.54, 1.807) is 20.0 Å². The normalized spacial score (nSPS) is 9.60. The first kappa shape index (κ1) is 15.9. The number of nitrogens with one attached hydrogen (secondary N) is 1. The number of nitrogens with zero attached hydrogens (tertiary/aromatic N) is 2. The first-order chi connectivity index (χ1) is 9.66. The molecular formula is C15H21N3O2. The number of carbonyl (C=O) groups is 1. The molecule has 2 rings (SSSR count). The van der Waals surface area contributed by atoms with E-state index >= 15 is 0 Å². The Labute approximate surface area is 119 Å². The summed E-state index contributed by atoms with van der Waals surface area (Å²) in [6, 6.07) is 11.5. The number of aryl methyl sites for hydroxylation is 1. The summed E-state index contributed by atoms with van der Waals surface area (Å²) in [5.74, 6) is 0.401. The molecule has 5 heteroatoms. The fourth-order valence-corrected chi connectivity index (χ4v) is 1.52. The Morgan fingerprint density at radius 3 is 2.50 bits per heavy atom. The number of hydrazine groups is 1. The van der Waals surface area contributed by atoms with E-state index in [2.05, 4.69) is 10.6 Å². The van der Waals surface area contributed by atoms with Gasteiger partial charge in [0.1, 0.15) is 5.76 Å². The van der Waals surface area contributed by atoms with Gasteiger partial charge in [0.2, 0.25) is 0 Å². The molecule has 1 aromatic heterocycles. The fraction of sp³-hybridized carbons (Fsp3) is 0.333. The highest BCUT2D eigenvalue weighted by atomic mass is 16.5. The quantitative estimate of drug-likeness (QED) is 0.872. The molecule has 0 aliphatic heterocycles. The van der Waals surface area contributed by atoms with Crippen LogP contribution < -0.4 is 5.43 Å². The van der Waals surface area contributed by atoms with E-state index in [1.165, 1.54) is 5.01 Å². The Balaban J connectivity index is 0.000000956. The number of aromatic nitrogens is 1. The third kappa shape index (κ3) is 4.51. The summed E-state index contributed by atoms with van der Waals surface area (Å²) in [5, 5.41) is 5.09. The van der Waals surface area contributed by atoms with Crippen LogP contribution in [0.4, 0.5) is 0 Å². The van der Waals surface area contributed by atoms with Gasteiger partial charge in [-0.05, 0) is 12.5 Å². The molecule has 1 N–H and O–H groups in total. The van der Waals surface area contributed by atoms with Crippen molar-refractivity contribution >= 4 is 5.91 Å². The van der Waals surface area contributed by atoms with Crippen LogP contribution >= 0.6 is 0 Å². The summed E-state index contributed by atoms with van der Waals surface area (Å²) in [5.41, 5.74) is 4.42. The number of carbonyl (C=O) groups excluding carboxylic acids is 1. The van der Waals surface area contributed by atoms with Crippen molar-refractivity contribution in [2.45, 2.75) is 27.3 Å². The van der Waals surface area contributed by atoms with Crippen molar-refractivity contribution in [3.63, 3.8) is 0 Å². The van der Waals surface area contributed by atoms with Crippen molar-refractivity contribution in [3.05, 3.63) is 53.4 Å². The predicted molar refractivity (Wildman–Crippen MR) is 78.0 cm³/mol. The lowest BCUT2D eigenvalue weighted by Gasteiger charge is -2.16. The smallest absolute Gasteiger partial charge is 0.289 e. The van der Waals surface area contributed by atoms with Gasteiger partial charge in [0.25, 0.3) is 5.91 Å². The summed E-state index contributed by atoms with van der Waals surface area (Å²) in [7, 11) is 1.66. The summed E-state index contributed by atoms with van der Waals surface area (Å²) >= 11 is 0. The standard InChI is InChI=1S/C13H15N3O2.C2H6/c1-10-8-12(15-18-10)13(17)16(2)14-9-11-6-4-3-5-7-11;1-2/h3-8,14H,9H2,1-2H3;1-2H3. The lowest BCUT2D eigenvalue weighted by molar-refractivity contribution is 0.0701. The SMILES string of the molecule is CC.Cc1cc(C(=O)N(C)NCc2ccccc2)no1. The molecule has 0 fully saturated rings. The minimum atomic E-state index is -0.220. The summed E-state index contributed by atoms with van der Waals surface area (Å²) in [4.78, 5) is 11.9. The lowest BCUT2D eigenvalue weighted by Crippen LogP contribution is -2.39. The van der Waals surface area contributed by atoms with Gasteiger partial charge in [-0.25, -0.2) is 5.43 Å². The molecule has 0 aliphatic rings. The molecular weight excluding hydrogens is 254 g/mol. The molecule has 108 valence electrons. The molecule has 1 aromatic carbocycles. The number of rotatable bonds is 4. The van der Waals surface area contributed by atoms with Crippen molar-refractivity contribution < 1.29 is 9.32 Å². The average Bonchev–Trinajstić information content (AvgIpc) is 2.93. The summed E-state index contributed by atoms with van der Waals surface area (Å²) < 4.78 is 4.87. The van der Waals surface area contributed by atoms with E-state index in [1.807, 2.05) is 44.2 Å². The Hall–Kier alpha value is -2.14.